The van der Waals surface area contributed by atoms with E-state index in [0.29, 0.717) is 11.7 Å². The number of aromatic nitrogens is 4. The molecule has 3 rings (SSSR count). The van der Waals surface area contributed by atoms with Crippen LogP contribution in [0.1, 0.15) is 18.9 Å². The van der Waals surface area contributed by atoms with Crippen LogP contribution < -0.4 is 5.32 Å². The average molecular weight is 262 g/mol. The third-order valence-corrected chi connectivity index (χ3v) is 3.54. The van der Waals surface area contributed by atoms with Crippen LogP contribution in [0.25, 0.3) is 11.5 Å². The van der Waals surface area contributed by atoms with Crippen LogP contribution in [0.15, 0.2) is 17.0 Å². The van der Waals surface area contributed by atoms with Gasteiger partial charge in [-0.3, -0.25) is 4.90 Å². The molecule has 0 aromatic carbocycles. The van der Waals surface area contributed by atoms with Gasteiger partial charge in [-0.1, -0.05) is 5.16 Å². The Kier molecular flexibility index (Phi) is 3.31. The SMILES string of the molecule is CC(c1nc(-c2cncn2C)no1)N1CCNCC1. The van der Waals surface area contributed by atoms with Crippen molar-refractivity contribution >= 4 is 0 Å². The van der Waals surface area contributed by atoms with E-state index in [1.54, 1.807) is 12.5 Å². The summed E-state index contributed by atoms with van der Waals surface area (Å²) in [6.45, 7) is 6.13. The molecule has 7 heteroatoms. The van der Waals surface area contributed by atoms with E-state index in [2.05, 4.69) is 32.3 Å². The summed E-state index contributed by atoms with van der Waals surface area (Å²) in [5.41, 5.74) is 0.863. The Hall–Kier alpha value is -1.73. The van der Waals surface area contributed by atoms with E-state index in [0.717, 1.165) is 31.9 Å². The molecule has 2 aromatic heterocycles. The molecule has 0 bridgehead atoms. The molecular formula is C12H18N6O. The van der Waals surface area contributed by atoms with Gasteiger partial charge in [0.25, 0.3) is 0 Å². The Morgan fingerprint density at radius 2 is 2.16 bits per heavy atom. The van der Waals surface area contributed by atoms with Gasteiger partial charge in [0.05, 0.1) is 18.6 Å². The van der Waals surface area contributed by atoms with Crippen LogP contribution in [-0.4, -0.2) is 50.8 Å². The van der Waals surface area contributed by atoms with Crippen LogP contribution in [0.5, 0.6) is 0 Å². The van der Waals surface area contributed by atoms with Crippen LogP contribution in [0.4, 0.5) is 0 Å². The molecule has 0 amide bonds. The second kappa shape index (κ2) is 5.10. The minimum atomic E-state index is 0.150. The van der Waals surface area contributed by atoms with E-state index in [9.17, 15) is 0 Å². The first-order chi connectivity index (χ1) is 9.25. The van der Waals surface area contributed by atoms with Crippen molar-refractivity contribution in [3.05, 3.63) is 18.4 Å². The number of piperazine rings is 1. The van der Waals surface area contributed by atoms with Crippen LogP contribution in [0.3, 0.4) is 0 Å². The highest BCUT2D eigenvalue weighted by molar-refractivity contribution is 5.47. The topological polar surface area (TPSA) is 72.0 Å². The highest BCUT2D eigenvalue weighted by Crippen LogP contribution is 2.22. The van der Waals surface area contributed by atoms with Crippen LogP contribution >= 0.6 is 0 Å². The second-order valence-corrected chi connectivity index (χ2v) is 4.81. The number of imidazole rings is 1. The van der Waals surface area contributed by atoms with E-state index in [4.69, 9.17) is 4.52 Å². The predicted molar refractivity (Wildman–Crippen MR) is 69.4 cm³/mol. The van der Waals surface area contributed by atoms with E-state index in [1.807, 2.05) is 11.6 Å². The minimum absolute atomic E-state index is 0.150. The predicted octanol–water partition coefficient (Wildman–Crippen LogP) is 0.436. The number of nitrogens with one attached hydrogen (secondary N) is 1. The molecule has 0 spiro atoms. The summed E-state index contributed by atoms with van der Waals surface area (Å²) in [6.07, 6.45) is 3.47. The average Bonchev–Trinajstić information content (AvgIpc) is 3.07. The first-order valence-corrected chi connectivity index (χ1v) is 6.51. The largest absolute Gasteiger partial charge is 0.337 e. The normalized spacial score (nSPS) is 18.6. The van der Waals surface area contributed by atoms with E-state index in [1.165, 1.54) is 0 Å². The van der Waals surface area contributed by atoms with E-state index < -0.39 is 0 Å². The molecule has 1 saturated heterocycles. The number of hydrogen-bond donors (Lipinski definition) is 1. The summed E-state index contributed by atoms with van der Waals surface area (Å²) < 4.78 is 7.27. The lowest BCUT2D eigenvalue weighted by atomic mass is 10.2. The lowest BCUT2D eigenvalue weighted by Gasteiger charge is -2.30. The first-order valence-electron chi connectivity index (χ1n) is 6.51. The maximum atomic E-state index is 5.39. The molecule has 1 unspecified atom stereocenters. The van der Waals surface area contributed by atoms with Crippen molar-refractivity contribution in [3.8, 4) is 11.5 Å². The number of nitrogens with zero attached hydrogens (tertiary/aromatic N) is 5. The zero-order valence-corrected chi connectivity index (χ0v) is 11.2. The molecule has 1 aliphatic rings. The van der Waals surface area contributed by atoms with Gasteiger partial charge in [0.1, 0.15) is 5.69 Å². The quantitative estimate of drug-likeness (QED) is 0.865. The number of aryl methyl sites for hydroxylation is 1. The third kappa shape index (κ3) is 2.39. The Balaban J connectivity index is 1.79. The van der Waals surface area contributed by atoms with Crippen molar-refractivity contribution in [3.63, 3.8) is 0 Å². The zero-order valence-electron chi connectivity index (χ0n) is 11.2. The van der Waals surface area contributed by atoms with E-state index in [-0.39, 0.29) is 6.04 Å². The maximum absolute atomic E-state index is 5.39. The molecule has 2 aromatic rings. The van der Waals surface area contributed by atoms with Crippen molar-refractivity contribution < 1.29 is 4.52 Å². The second-order valence-electron chi connectivity index (χ2n) is 4.81. The van der Waals surface area contributed by atoms with Crippen molar-refractivity contribution in [1.29, 1.82) is 0 Å². The van der Waals surface area contributed by atoms with Crippen molar-refractivity contribution in [2.24, 2.45) is 7.05 Å². The standard InChI is InChI=1S/C12H18N6O/c1-9(18-5-3-13-4-6-18)12-15-11(16-19-12)10-7-14-8-17(10)2/h7-9,13H,3-6H2,1-2H3. The molecule has 19 heavy (non-hydrogen) atoms. The van der Waals surface area contributed by atoms with Gasteiger partial charge in [-0.15, -0.1) is 0 Å². The molecule has 7 nitrogen and oxygen atoms in total. The lowest BCUT2D eigenvalue weighted by Crippen LogP contribution is -2.44. The minimum Gasteiger partial charge on any atom is -0.337 e. The van der Waals surface area contributed by atoms with Crippen molar-refractivity contribution in [2.45, 2.75) is 13.0 Å². The van der Waals surface area contributed by atoms with Crippen LogP contribution in [0, 0.1) is 0 Å². The fraction of sp³-hybridized carbons (Fsp3) is 0.583. The van der Waals surface area contributed by atoms with Crippen molar-refractivity contribution in [1.82, 2.24) is 29.9 Å². The van der Waals surface area contributed by atoms with Crippen molar-refractivity contribution in [2.75, 3.05) is 26.2 Å². The van der Waals surface area contributed by atoms with Gasteiger partial charge in [-0.05, 0) is 6.92 Å². The molecule has 0 saturated carbocycles. The Labute approximate surface area is 111 Å². The van der Waals surface area contributed by atoms with Gasteiger partial charge < -0.3 is 14.4 Å². The summed E-state index contributed by atoms with van der Waals surface area (Å²) in [6, 6.07) is 0.150. The van der Waals surface area contributed by atoms with Gasteiger partial charge >= 0.3 is 0 Å². The monoisotopic (exact) mass is 262 g/mol. The smallest absolute Gasteiger partial charge is 0.244 e. The van der Waals surface area contributed by atoms with Gasteiger partial charge in [0.2, 0.25) is 11.7 Å². The Bertz CT molecular complexity index is 542. The van der Waals surface area contributed by atoms with Gasteiger partial charge in [-0.25, -0.2) is 4.98 Å². The summed E-state index contributed by atoms with van der Waals surface area (Å²) in [5, 5.41) is 7.38. The Morgan fingerprint density at radius 1 is 1.37 bits per heavy atom. The number of hydrogen-bond acceptors (Lipinski definition) is 6. The highest BCUT2D eigenvalue weighted by atomic mass is 16.5. The fourth-order valence-corrected chi connectivity index (χ4v) is 2.31. The van der Waals surface area contributed by atoms with Crippen LogP contribution in [0.2, 0.25) is 0 Å². The summed E-state index contributed by atoms with van der Waals surface area (Å²) in [7, 11) is 1.91. The summed E-state index contributed by atoms with van der Waals surface area (Å²) >= 11 is 0. The number of rotatable bonds is 3. The molecule has 0 aliphatic carbocycles. The van der Waals surface area contributed by atoms with Crippen LogP contribution in [-0.2, 0) is 7.05 Å². The molecular weight excluding hydrogens is 244 g/mol. The third-order valence-electron chi connectivity index (χ3n) is 3.54. The molecule has 0 radical (unpaired) electrons. The van der Waals surface area contributed by atoms with Gasteiger partial charge in [0.15, 0.2) is 0 Å². The zero-order chi connectivity index (χ0) is 13.2. The summed E-state index contributed by atoms with van der Waals surface area (Å²) in [5.74, 6) is 1.26. The van der Waals surface area contributed by atoms with Gasteiger partial charge in [-0.2, -0.15) is 4.98 Å². The van der Waals surface area contributed by atoms with Gasteiger partial charge in [0, 0.05) is 33.2 Å². The molecule has 1 atom stereocenters. The maximum Gasteiger partial charge on any atom is 0.244 e. The molecule has 102 valence electrons. The highest BCUT2D eigenvalue weighted by Gasteiger charge is 2.23. The lowest BCUT2D eigenvalue weighted by molar-refractivity contribution is 0.154. The molecule has 1 fully saturated rings. The molecule has 3 heterocycles. The summed E-state index contributed by atoms with van der Waals surface area (Å²) in [4.78, 5) is 10.9. The molecule has 1 N–H and O–H groups in total. The first kappa shape index (κ1) is 12.3. The molecule has 1 aliphatic heterocycles. The Morgan fingerprint density at radius 3 is 2.84 bits per heavy atom. The fourth-order valence-electron chi connectivity index (χ4n) is 2.31. The van der Waals surface area contributed by atoms with E-state index >= 15 is 0 Å².